The topological polar surface area (TPSA) is 57.2 Å². The fourth-order valence-electron chi connectivity index (χ4n) is 2.25. The predicted molar refractivity (Wildman–Crippen MR) is 94.6 cm³/mol. The molecule has 0 unspecified atom stereocenters. The van der Waals surface area contributed by atoms with Crippen LogP contribution in [0.15, 0.2) is 47.6 Å². The van der Waals surface area contributed by atoms with Gasteiger partial charge in [-0.3, -0.25) is 4.79 Å². The molecule has 2 aromatic carbocycles. The Labute approximate surface area is 143 Å². The van der Waals surface area contributed by atoms with Crippen LogP contribution in [0.5, 0.6) is 0 Å². The third-order valence-electron chi connectivity index (χ3n) is 3.43. The van der Waals surface area contributed by atoms with Crippen molar-refractivity contribution in [3.05, 3.63) is 69.3 Å². The standard InChI is InChI=1S/C17H13Cl2N3O/c1-10-3-2-4-12-8-15(21-16(10)12)17(23)22-20-9-11-5-6-13(18)14(19)7-11/h2-9,21H,1H3,(H,22,23). The molecular weight excluding hydrogens is 333 g/mol. The van der Waals surface area contributed by atoms with Crippen molar-refractivity contribution < 1.29 is 4.79 Å². The molecule has 23 heavy (non-hydrogen) atoms. The number of halogens is 2. The number of para-hydroxylation sites is 1. The molecule has 116 valence electrons. The zero-order valence-electron chi connectivity index (χ0n) is 12.2. The van der Waals surface area contributed by atoms with Crippen molar-refractivity contribution in [1.82, 2.24) is 10.4 Å². The van der Waals surface area contributed by atoms with E-state index >= 15 is 0 Å². The summed E-state index contributed by atoms with van der Waals surface area (Å²) in [6, 6.07) is 12.8. The summed E-state index contributed by atoms with van der Waals surface area (Å²) in [5.74, 6) is -0.308. The molecule has 2 N–H and O–H groups in total. The monoisotopic (exact) mass is 345 g/mol. The first-order chi connectivity index (χ1) is 11.0. The Morgan fingerprint density at radius 1 is 1.17 bits per heavy atom. The van der Waals surface area contributed by atoms with Gasteiger partial charge in [-0.1, -0.05) is 47.5 Å². The zero-order chi connectivity index (χ0) is 16.4. The first kappa shape index (κ1) is 15.6. The molecule has 0 aliphatic carbocycles. The van der Waals surface area contributed by atoms with Gasteiger partial charge in [0, 0.05) is 10.9 Å². The smallest absolute Gasteiger partial charge is 0.287 e. The lowest BCUT2D eigenvalue weighted by atomic mass is 10.2. The molecule has 4 nitrogen and oxygen atoms in total. The van der Waals surface area contributed by atoms with Gasteiger partial charge >= 0.3 is 0 Å². The zero-order valence-corrected chi connectivity index (χ0v) is 13.7. The van der Waals surface area contributed by atoms with Crippen LogP contribution in [0.4, 0.5) is 0 Å². The largest absolute Gasteiger partial charge is 0.350 e. The minimum atomic E-state index is -0.308. The van der Waals surface area contributed by atoms with E-state index in [4.69, 9.17) is 23.2 Å². The number of benzene rings is 2. The number of H-pyrrole nitrogens is 1. The summed E-state index contributed by atoms with van der Waals surface area (Å²) in [6.07, 6.45) is 1.51. The van der Waals surface area contributed by atoms with Crippen molar-refractivity contribution in [3.8, 4) is 0 Å². The van der Waals surface area contributed by atoms with Gasteiger partial charge < -0.3 is 4.98 Å². The highest BCUT2D eigenvalue weighted by molar-refractivity contribution is 6.42. The third-order valence-corrected chi connectivity index (χ3v) is 4.17. The quantitative estimate of drug-likeness (QED) is 0.531. The van der Waals surface area contributed by atoms with Crippen molar-refractivity contribution in [3.63, 3.8) is 0 Å². The fraction of sp³-hybridized carbons (Fsp3) is 0.0588. The van der Waals surface area contributed by atoms with Crippen LogP contribution in [0.2, 0.25) is 10.0 Å². The number of aryl methyl sites for hydroxylation is 1. The number of nitrogens with one attached hydrogen (secondary N) is 2. The molecule has 0 spiro atoms. The van der Waals surface area contributed by atoms with Gasteiger partial charge in [0.2, 0.25) is 0 Å². The van der Waals surface area contributed by atoms with Gasteiger partial charge in [0.1, 0.15) is 5.69 Å². The maximum absolute atomic E-state index is 12.1. The first-order valence-corrected chi connectivity index (χ1v) is 7.67. The van der Waals surface area contributed by atoms with Gasteiger partial charge in [-0.2, -0.15) is 5.10 Å². The van der Waals surface area contributed by atoms with Gasteiger partial charge in [0.05, 0.1) is 16.3 Å². The molecule has 1 amide bonds. The Morgan fingerprint density at radius 3 is 2.74 bits per heavy atom. The maximum Gasteiger partial charge on any atom is 0.287 e. The van der Waals surface area contributed by atoms with Crippen LogP contribution in [0.1, 0.15) is 21.6 Å². The predicted octanol–water partition coefficient (Wildman–Crippen LogP) is 4.55. The summed E-state index contributed by atoms with van der Waals surface area (Å²) in [4.78, 5) is 15.2. The van der Waals surface area contributed by atoms with Gasteiger partial charge in [0.15, 0.2) is 0 Å². The van der Waals surface area contributed by atoms with Crippen LogP contribution in [-0.4, -0.2) is 17.1 Å². The molecule has 0 fully saturated rings. The van der Waals surface area contributed by atoms with Crippen LogP contribution >= 0.6 is 23.2 Å². The Hall–Kier alpha value is -2.30. The number of hydrogen-bond donors (Lipinski definition) is 2. The van der Waals surface area contributed by atoms with E-state index in [1.54, 1.807) is 24.3 Å². The molecule has 0 atom stereocenters. The third kappa shape index (κ3) is 3.38. The number of hydrogen-bond acceptors (Lipinski definition) is 2. The fourth-order valence-corrected chi connectivity index (χ4v) is 2.55. The van der Waals surface area contributed by atoms with Crippen LogP contribution < -0.4 is 5.43 Å². The van der Waals surface area contributed by atoms with Gasteiger partial charge in [-0.25, -0.2) is 5.43 Å². The van der Waals surface area contributed by atoms with Crippen molar-refractivity contribution in [2.24, 2.45) is 5.10 Å². The Morgan fingerprint density at radius 2 is 2.00 bits per heavy atom. The molecule has 0 aliphatic heterocycles. The molecule has 0 bridgehead atoms. The molecule has 1 heterocycles. The van der Waals surface area contributed by atoms with Crippen LogP contribution in [-0.2, 0) is 0 Å². The minimum Gasteiger partial charge on any atom is -0.350 e. The number of amides is 1. The molecule has 1 aromatic heterocycles. The van der Waals surface area contributed by atoms with Crippen molar-refractivity contribution >= 4 is 46.2 Å². The average molecular weight is 346 g/mol. The Kier molecular flexibility index (Phi) is 4.37. The van der Waals surface area contributed by atoms with E-state index in [-0.39, 0.29) is 5.91 Å². The minimum absolute atomic E-state index is 0.308. The number of rotatable bonds is 3. The van der Waals surface area contributed by atoms with Gasteiger partial charge in [-0.05, 0) is 36.2 Å². The number of aromatic nitrogens is 1. The Balaban J connectivity index is 1.74. The number of nitrogens with zero attached hydrogens (tertiary/aromatic N) is 1. The lowest BCUT2D eigenvalue weighted by Crippen LogP contribution is -2.17. The molecule has 3 rings (SSSR count). The summed E-state index contributed by atoms with van der Waals surface area (Å²) in [5, 5.41) is 5.84. The van der Waals surface area contributed by atoms with Crippen LogP contribution in [0, 0.1) is 6.92 Å². The van der Waals surface area contributed by atoms with E-state index in [0.29, 0.717) is 15.7 Å². The number of carbonyl (C=O) groups excluding carboxylic acids is 1. The highest BCUT2D eigenvalue weighted by atomic mass is 35.5. The summed E-state index contributed by atoms with van der Waals surface area (Å²) in [6.45, 7) is 1.99. The van der Waals surface area contributed by atoms with E-state index in [1.165, 1.54) is 6.21 Å². The van der Waals surface area contributed by atoms with Crippen LogP contribution in [0.25, 0.3) is 10.9 Å². The molecule has 0 aliphatic rings. The number of aromatic amines is 1. The summed E-state index contributed by atoms with van der Waals surface area (Å²) >= 11 is 11.8. The lowest BCUT2D eigenvalue weighted by Gasteiger charge is -1.98. The van der Waals surface area contributed by atoms with E-state index in [9.17, 15) is 4.79 Å². The molecular formula is C17H13Cl2N3O. The van der Waals surface area contributed by atoms with Gasteiger partial charge in [0.25, 0.3) is 5.91 Å². The summed E-state index contributed by atoms with van der Waals surface area (Å²) in [5.41, 5.74) is 5.72. The van der Waals surface area contributed by atoms with Crippen molar-refractivity contribution in [1.29, 1.82) is 0 Å². The number of fused-ring (bicyclic) bond motifs is 1. The van der Waals surface area contributed by atoms with E-state index in [2.05, 4.69) is 15.5 Å². The molecule has 0 saturated heterocycles. The second kappa shape index (κ2) is 6.44. The normalized spacial score (nSPS) is 11.3. The second-order valence-electron chi connectivity index (χ2n) is 5.09. The van der Waals surface area contributed by atoms with E-state index in [0.717, 1.165) is 22.0 Å². The van der Waals surface area contributed by atoms with E-state index in [1.807, 2.05) is 25.1 Å². The van der Waals surface area contributed by atoms with Crippen molar-refractivity contribution in [2.45, 2.75) is 6.92 Å². The molecule has 0 saturated carbocycles. The first-order valence-electron chi connectivity index (χ1n) is 6.91. The molecule has 0 radical (unpaired) electrons. The van der Waals surface area contributed by atoms with E-state index < -0.39 is 0 Å². The number of hydrazone groups is 1. The SMILES string of the molecule is Cc1cccc2cc(C(=O)NN=Cc3ccc(Cl)c(Cl)c3)[nH]c12. The molecule has 3 aromatic rings. The number of carbonyl (C=O) groups is 1. The Bertz CT molecular complexity index is 915. The second-order valence-corrected chi connectivity index (χ2v) is 5.91. The summed E-state index contributed by atoms with van der Waals surface area (Å²) in [7, 11) is 0. The van der Waals surface area contributed by atoms with Gasteiger partial charge in [-0.15, -0.1) is 0 Å². The summed E-state index contributed by atoms with van der Waals surface area (Å²) < 4.78 is 0. The van der Waals surface area contributed by atoms with Crippen molar-refractivity contribution in [2.75, 3.05) is 0 Å². The maximum atomic E-state index is 12.1. The highest BCUT2D eigenvalue weighted by Gasteiger charge is 2.09. The molecule has 6 heteroatoms. The highest BCUT2D eigenvalue weighted by Crippen LogP contribution is 2.22. The van der Waals surface area contributed by atoms with Crippen LogP contribution in [0.3, 0.4) is 0 Å². The average Bonchev–Trinajstić information content (AvgIpc) is 2.96. The lowest BCUT2D eigenvalue weighted by molar-refractivity contribution is 0.0951.